The summed E-state index contributed by atoms with van der Waals surface area (Å²) in [4.78, 5) is 53.7. The molecule has 15 nitrogen and oxygen atoms in total. The number of thiazole rings is 1. The third-order valence-corrected chi connectivity index (χ3v) is 7.06. The molecule has 1 aliphatic rings. The van der Waals surface area contributed by atoms with Gasteiger partial charge in [-0.2, -0.15) is 4.98 Å². The molecule has 0 spiro atoms. The molecule has 3 rings (SSSR count). The largest absolute Gasteiger partial charge is 1.00 e. The molecule has 0 saturated carbocycles. The average molecular weight is 566 g/mol. The average Bonchev–Trinajstić information content (AvgIpc) is 3.28. The first-order valence-corrected chi connectivity index (χ1v) is 12.3. The maximum Gasteiger partial charge on any atom is 1.00 e. The van der Waals surface area contributed by atoms with Crippen molar-refractivity contribution in [3.8, 4) is 0 Å². The molecule has 0 aromatic carbocycles. The van der Waals surface area contributed by atoms with Crippen LogP contribution >= 0.6 is 26.8 Å². The molecule has 0 aliphatic carbocycles. The molecule has 6 atom stereocenters. The summed E-state index contributed by atoms with van der Waals surface area (Å²) in [5.41, 5.74) is 4.47. The van der Waals surface area contributed by atoms with Gasteiger partial charge in [-0.05, 0) is 13.7 Å². The van der Waals surface area contributed by atoms with Gasteiger partial charge in [-0.3, -0.25) is 9.13 Å². The topological polar surface area (TPSA) is 245 Å². The zero-order chi connectivity index (χ0) is 23.0. The van der Waals surface area contributed by atoms with E-state index in [-0.39, 0.29) is 94.5 Å². The number of ether oxygens (including phenoxy) is 1. The Balaban J connectivity index is 0.00000363. The van der Waals surface area contributed by atoms with E-state index >= 15 is 0 Å². The van der Waals surface area contributed by atoms with Crippen molar-refractivity contribution >= 4 is 32.6 Å². The molecule has 34 heavy (non-hydrogen) atoms. The van der Waals surface area contributed by atoms with E-state index in [1.54, 1.807) is 0 Å². The second kappa shape index (κ2) is 14.6. The number of hydrogen-bond acceptors (Lipinski definition) is 15. The van der Waals surface area contributed by atoms with Gasteiger partial charge in [-0.25, -0.2) is 9.78 Å². The van der Waals surface area contributed by atoms with Crippen molar-refractivity contribution < 1.29 is 136 Å². The molecule has 3 heterocycles. The molecular formula is C13H15N4Na3O11P2S. The number of phosphoric acid groups is 1. The van der Waals surface area contributed by atoms with Crippen LogP contribution in [0.25, 0.3) is 0 Å². The van der Waals surface area contributed by atoms with Crippen LogP contribution in [-0.2, 0) is 22.9 Å². The number of nitrogens with two attached hydrogens (primary N) is 1. The van der Waals surface area contributed by atoms with Crippen LogP contribution in [-0.4, -0.2) is 49.7 Å². The molecule has 2 aromatic rings. The summed E-state index contributed by atoms with van der Waals surface area (Å²) >= 11 is 0.674. The van der Waals surface area contributed by atoms with E-state index in [2.05, 4.69) is 19.0 Å². The summed E-state index contributed by atoms with van der Waals surface area (Å²) in [6.07, 6.45) is -4.00. The Kier molecular flexibility index (Phi) is 15.2. The van der Waals surface area contributed by atoms with Gasteiger partial charge in [0.1, 0.15) is 35.0 Å². The minimum absolute atomic E-state index is 0. The molecule has 172 valence electrons. The molecule has 0 radical (unpaired) electrons. The van der Waals surface area contributed by atoms with Crippen LogP contribution < -0.4 is 115 Å². The smallest absolute Gasteiger partial charge is 0.809 e. The molecule has 0 amide bonds. The van der Waals surface area contributed by atoms with Crippen molar-refractivity contribution in [2.45, 2.75) is 30.4 Å². The summed E-state index contributed by atoms with van der Waals surface area (Å²) in [7, 11) is -11.0. The van der Waals surface area contributed by atoms with Crippen LogP contribution in [0.2, 0.25) is 0 Å². The van der Waals surface area contributed by atoms with Crippen molar-refractivity contribution in [1.82, 2.24) is 14.5 Å². The van der Waals surface area contributed by atoms with E-state index in [0.29, 0.717) is 11.3 Å². The number of aromatic nitrogens is 3. The van der Waals surface area contributed by atoms with Gasteiger partial charge in [-0.1, -0.05) is 0 Å². The summed E-state index contributed by atoms with van der Waals surface area (Å²) < 4.78 is 38.4. The molecule has 1 aliphatic heterocycles. The van der Waals surface area contributed by atoms with Crippen molar-refractivity contribution in [2.75, 3.05) is 12.3 Å². The van der Waals surface area contributed by atoms with E-state index in [0.717, 1.165) is 17.0 Å². The van der Waals surface area contributed by atoms with Gasteiger partial charge in [0.2, 0.25) is 0 Å². The number of anilines is 1. The second-order valence-electron chi connectivity index (χ2n) is 6.20. The van der Waals surface area contributed by atoms with Crippen LogP contribution in [0.4, 0.5) is 5.82 Å². The predicted octanol–water partition coefficient (Wildman–Crippen LogP) is -12.0. The van der Waals surface area contributed by atoms with Gasteiger partial charge in [-0.15, -0.1) is 11.3 Å². The van der Waals surface area contributed by atoms with Crippen LogP contribution in [0.15, 0.2) is 28.6 Å². The number of aliphatic hydroxyl groups excluding tert-OH is 2. The van der Waals surface area contributed by atoms with Crippen LogP contribution in [0.1, 0.15) is 17.1 Å². The first-order chi connectivity index (χ1) is 14.4. The van der Waals surface area contributed by atoms with Gasteiger partial charge in [0.15, 0.2) is 6.23 Å². The Bertz CT molecular complexity index is 1070. The van der Waals surface area contributed by atoms with Gasteiger partial charge in [0, 0.05) is 17.8 Å². The van der Waals surface area contributed by atoms with Crippen LogP contribution in [0.5, 0.6) is 0 Å². The third kappa shape index (κ3) is 9.03. The Hall–Kier alpha value is 1.45. The maximum atomic E-state index is 12.1. The van der Waals surface area contributed by atoms with E-state index in [1.165, 1.54) is 11.4 Å². The normalized spacial score (nSPS) is 24.7. The number of phosphoric ester groups is 1. The summed E-state index contributed by atoms with van der Waals surface area (Å²) in [6, 6.07) is 1.23. The summed E-state index contributed by atoms with van der Waals surface area (Å²) in [5.74, 6) is -2.54. The number of rotatable bonds is 8. The Morgan fingerprint density at radius 2 is 1.88 bits per heavy atom. The molecule has 1 fully saturated rings. The second-order valence-corrected chi connectivity index (χ2v) is 10.0. The minimum Gasteiger partial charge on any atom is -0.809 e. The number of hydrogen-bond donors (Lipinski definition) is 3. The number of aliphatic hydroxyl groups is 2. The fourth-order valence-corrected chi connectivity index (χ4v) is 5.70. The molecular weight excluding hydrogens is 551 g/mol. The molecule has 21 heteroatoms. The number of nitrogen functional groups attached to an aromatic ring is 1. The third-order valence-electron chi connectivity index (χ3n) is 4.04. The quantitative estimate of drug-likeness (QED) is 0.198. The summed E-state index contributed by atoms with van der Waals surface area (Å²) in [6.45, 7) is -0.931. The molecule has 2 unspecified atom stereocenters. The zero-order valence-corrected chi connectivity index (χ0v) is 26.8. The Morgan fingerprint density at radius 3 is 2.41 bits per heavy atom. The van der Waals surface area contributed by atoms with E-state index in [1.807, 2.05) is 0 Å². The van der Waals surface area contributed by atoms with Gasteiger partial charge < -0.3 is 49.0 Å². The molecule has 4 N–H and O–H groups in total. The van der Waals surface area contributed by atoms with Gasteiger partial charge in [0.25, 0.3) is 7.82 Å². The van der Waals surface area contributed by atoms with Crippen LogP contribution in [0, 0.1) is 0 Å². The standard InChI is InChI=1S/C13H18N4O11P2S.3Na/c14-7-1-3-17(13(20)16-7)11-9(19)8(18)6(27-11)5-26-30(24,25)28-12(29(21,22)23)10-15-2-4-31-10;;;/h1-4,6,8-9,11-12,18-19H,5H2,(H,24,25)(H2,14,16,20)(H2,21,22,23);;;/q;3*+1/p-3/t6-,8-,9-,11-,12?;;;/m1.../s1. The minimum atomic E-state index is -5.59. The van der Waals surface area contributed by atoms with E-state index < -0.39 is 63.1 Å². The van der Waals surface area contributed by atoms with E-state index in [9.17, 15) is 38.8 Å². The van der Waals surface area contributed by atoms with Gasteiger partial charge >= 0.3 is 94.4 Å². The van der Waals surface area contributed by atoms with Crippen LogP contribution in [0.3, 0.4) is 0 Å². The Morgan fingerprint density at radius 1 is 1.24 bits per heavy atom. The zero-order valence-electron chi connectivity index (χ0n) is 18.2. The fourth-order valence-electron chi connectivity index (χ4n) is 2.63. The monoisotopic (exact) mass is 566 g/mol. The Labute approximate surface area is 262 Å². The van der Waals surface area contributed by atoms with Crippen molar-refractivity contribution in [2.24, 2.45) is 0 Å². The van der Waals surface area contributed by atoms with Crippen molar-refractivity contribution in [1.29, 1.82) is 0 Å². The van der Waals surface area contributed by atoms with Crippen molar-refractivity contribution in [3.63, 3.8) is 0 Å². The summed E-state index contributed by atoms with van der Waals surface area (Å²) in [5, 5.41) is 21.1. The first kappa shape index (κ1) is 35.5. The van der Waals surface area contributed by atoms with Crippen molar-refractivity contribution in [3.05, 3.63) is 39.3 Å². The van der Waals surface area contributed by atoms with Gasteiger partial charge in [0.05, 0.1) is 6.61 Å². The van der Waals surface area contributed by atoms with E-state index in [4.69, 9.17) is 10.5 Å². The SMILES string of the molecule is Nc1ccn([C@@H]2O[C@H](COP(=O)([O-])OC(c3nccs3)P(=O)([O-])[O-])[C@@H](O)[C@H]2O)c(=O)n1.[Na+].[Na+].[Na+]. The number of nitrogens with zero attached hydrogens (tertiary/aromatic N) is 3. The maximum absolute atomic E-state index is 12.1. The fraction of sp³-hybridized carbons (Fsp3) is 0.462. The molecule has 0 bridgehead atoms. The first-order valence-electron chi connectivity index (χ1n) is 8.30. The predicted molar refractivity (Wildman–Crippen MR) is 95.9 cm³/mol. The molecule has 2 aromatic heterocycles. The molecule has 1 saturated heterocycles.